The highest BCUT2D eigenvalue weighted by molar-refractivity contribution is 6.31. The molecule has 1 fully saturated rings. The molecule has 3 nitrogen and oxygen atoms in total. The molecule has 21 heavy (non-hydrogen) atoms. The summed E-state index contributed by atoms with van der Waals surface area (Å²) in [6.07, 6.45) is 4.15. The third kappa shape index (κ3) is 5.13. The van der Waals surface area contributed by atoms with Gasteiger partial charge in [-0.1, -0.05) is 37.4 Å². The van der Waals surface area contributed by atoms with Gasteiger partial charge in [-0.05, 0) is 30.9 Å². The normalized spacial score (nSPS) is 23.8. The van der Waals surface area contributed by atoms with Gasteiger partial charge in [0.05, 0.1) is 29.5 Å². The van der Waals surface area contributed by atoms with Crippen LogP contribution in [0.4, 0.5) is 10.1 Å². The zero-order valence-corrected chi connectivity index (χ0v) is 13.1. The molecule has 0 aliphatic heterocycles. The Morgan fingerprint density at radius 1 is 1.48 bits per heavy atom. The molecule has 0 heterocycles. The van der Waals surface area contributed by atoms with E-state index < -0.39 is 11.9 Å². The van der Waals surface area contributed by atoms with Gasteiger partial charge in [-0.3, -0.25) is 0 Å². The van der Waals surface area contributed by atoms with E-state index in [1.165, 1.54) is 18.9 Å². The predicted octanol–water partition coefficient (Wildman–Crippen LogP) is 3.85. The number of aliphatic hydroxyl groups is 1. The summed E-state index contributed by atoms with van der Waals surface area (Å²) in [6, 6.07) is 4.75. The van der Waals surface area contributed by atoms with E-state index in [1.807, 2.05) is 0 Å². The molecule has 1 saturated carbocycles. The summed E-state index contributed by atoms with van der Waals surface area (Å²) >= 11 is 5.70. The first-order valence-electron chi connectivity index (χ1n) is 7.53. The maximum atomic E-state index is 13.7. The van der Waals surface area contributed by atoms with Crippen LogP contribution in [0.3, 0.4) is 0 Å². The Bertz CT molecular complexity index is 458. The fourth-order valence-corrected chi connectivity index (χ4v) is 2.88. The van der Waals surface area contributed by atoms with Crippen LogP contribution in [0.25, 0.3) is 0 Å². The molecule has 1 aromatic carbocycles. The van der Waals surface area contributed by atoms with E-state index in [9.17, 15) is 9.50 Å². The highest BCUT2D eigenvalue weighted by Gasteiger charge is 2.20. The summed E-state index contributed by atoms with van der Waals surface area (Å²) in [5, 5.41) is 12.9. The van der Waals surface area contributed by atoms with Crippen molar-refractivity contribution in [2.75, 3.05) is 18.5 Å². The second-order valence-electron chi connectivity index (χ2n) is 5.86. The van der Waals surface area contributed by atoms with Crippen LogP contribution in [0.1, 0.15) is 32.6 Å². The van der Waals surface area contributed by atoms with Gasteiger partial charge in [0.25, 0.3) is 0 Å². The van der Waals surface area contributed by atoms with Crippen molar-refractivity contribution in [2.45, 2.75) is 44.8 Å². The number of nitrogens with one attached hydrogen (secondary N) is 1. The van der Waals surface area contributed by atoms with Crippen LogP contribution in [-0.4, -0.2) is 30.5 Å². The minimum Gasteiger partial charge on any atom is -0.389 e. The zero-order valence-electron chi connectivity index (χ0n) is 12.3. The highest BCUT2D eigenvalue weighted by Crippen LogP contribution is 2.26. The average Bonchev–Trinajstić information content (AvgIpc) is 2.47. The van der Waals surface area contributed by atoms with Crippen molar-refractivity contribution < 1.29 is 14.2 Å². The summed E-state index contributed by atoms with van der Waals surface area (Å²) < 4.78 is 19.4. The van der Waals surface area contributed by atoms with Crippen molar-refractivity contribution in [3.05, 3.63) is 29.0 Å². The van der Waals surface area contributed by atoms with Crippen LogP contribution in [0.2, 0.25) is 5.02 Å². The van der Waals surface area contributed by atoms with Crippen molar-refractivity contribution in [3.63, 3.8) is 0 Å². The highest BCUT2D eigenvalue weighted by atomic mass is 35.5. The summed E-state index contributed by atoms with van der Waals surface area (Å²) in [5.41, 5.74) is 0.299. The number of benzene rings is 1. The Kier molecular flexibility index (Phi) is 6.27. The number of halogens is 2. The van der Waals surface area contributed by atoms with Gasteiger partial charge in [0.2, 0.25) is 0 Å². The lowest BCUT2D eigenvalue weighted by Gasteiger charge is -2.27. The molecule has 1 aliphatic rings. The number of aliphatic hydroxyl groups excluding tert-OH is 1. The number of anilines is 1. The molecule has 0 aromatic heterocycles. The summed E-state index contributed by atoms with van der Waals surface area (Å²) in [7, 11) is 0. The van der Waals surface area contributed by atoms with E-state index in [4.69, 9.17) is 16.3 Å². The van der Waals surface area contributed by atoms with Crippen molar-refractivity contribution >= 4 is 17.3 Å². The van der Waals surface area contributed by atoms with Crippen LogP contribution < -0.4 is 5.32 Å². The second-order valence-corrected chi connectivity index (χ2v) is 6.27. The first kappa shape index (κ1) is 16.5. The van der Waals surface area contributed by atoms with E-state index in [1.54, 1.807) is 12.1 Å². The van der Waals surface area contributed by atoms with Crippen LogP contribution in [0, 0.1) is 11.7 Å². The molecular weight excluding hydrogens is 293 g/mol. The summed E-state index contributed by atoms with van der Waals surface area (Å²) in [4.78, 5) is 0. The predicted molar refractivity (Wildman–Crippen MR) is 83.3 cm³/mol. The quantitative estimate of drug-likeness (QED) is 0.838. The van der Waals surface area contributed by atoms with Crippen LogP contribution in [0.15, 0.2) is 18.2 Å². The number of hydrogen-bond donors (Lipinski definition) is 2. The molecular formula is C16H23ClFNO2. The van der Waals surface area contributed by atoms with Crippen molar-refractivity contribution in [2.24, 2.45) is 5.92 Å². The Morgan fingerprint density at radius 3 is 3.05 bits per heavy atom. The van der Waals surface area contributed by atoms with Crippen molar-refractivity contribution in [1.82, 2.24) is 0 Å². The first-order chi connectivity index (χ1) is 10.1. The van der Waals surface area contributed by atoms with Gasteiger partial charge in [-0.15, -0.1) is 0 Å². The van der Waals surface area contributed by atoms with Gasteiger partial charge in [0, 0.05) is 6.54 Å². The standard InChI is InChI=1S/C16H23ClFNO2/c1-11-4-2-5-13(8-11)21-10-12(20)9-19-15-7-3-6-14(17)16(15)18/h3,6-7,11-13,19-20H,2,4-5,8-10H2,1H3. The van der Waals surface area contributed by atoms with E-state index in [2.05, 4.69) is 12.2 Å². The average molecular weight is 316 g/mol. The summed E-state index contributed by atoms with van der Waals surface area (Å²) in [5.74, 6) is 0.202. The lowest BCUT2D eigenvalue weighted by Crippen LogP contribution is -2.30. The Morgan fingerprint density at radius 2 is 2.29 bits per heavy atom. The Labute approximate surface area is 130 Å². The zero-order chi connectivity index (χ0) is 15.2. The van der Waals surface area contributed by atoms with Gasteiger partial charge in [0.1, 0.15) is 0 Å². The fourth-order valence-electron chi connectivity index (χ4n) is 2.70. The molecule has 118 valence electrons. The number of ether oxygens (including phenoxy) is 1. The third-order valence-electron chi connectivity index (χ3n) is 3.89. The Hall–Kier alpha value is -0.840. The fraction of sp³-hybridized carbons (Fsp3) is 0.625. The van der Waals surface area contributed by atoms with E-state index >= 15 is 0 Å². The SMILES string of the molecule is CC1CCCC(OCC(O)CNc2cccc(Cl)c2F)C1. The number of hydrogen-bond acceptors (Lipinski definition) is 3. The maximum Gasteiger partial charge on any atom is 0.164 e. The molecule has 0 saturated heterocycles. The lowest BCUT2D eigenvalue weighted by atomic mass is 9.89. The van der Waals surface area contributed by atoms with Crippen molar-refractivity contribution in [3.8, 4) is 0 Å². The van der Waals surface area contributed by atoms with Gasteiger partial charge >= 0.3 is 0 Å². The summed E-state index contributed by atoms with van der Waals surface area (Å²) in [6.45, 7) is 2.74. The molecule has 1 aromatic rings. The van der Waals surface area contributed by atoms with Gasteiger partial charge in [-0.25, -0.2) is 4.39 Å². The smallest absolute Gasteiger partial charge is 0.164 e. The van der Waals surface area contributed by atoms with Gasteiger partial charge < -0.3 is 15.2 Å². The molecule has 2 rings (SSSR count). The molecule has 2 N–H and O–H groups in total. The second kappa shape index (κ2) is 7.97. The van der Waals surface area contributed by atoms with Crippen LogP contribution >= 0.6 is 11.6 Å². The molecule has 3 atom stereocenters. The topological polar surface area (TPSA) is 41.5 Å². The minimum absolute atomic E-state index is 0.0712. The molecule has 0 amide bonds. The monoisotopic (exact) mass is 315 g/mol. The van der Waals surface area contributed by atoms with Crippen LogP contribution in [0.5, 0.6) is 0 Å². The third-order valence-corrected chi connectivity index (χ3v) is 4.18. The number of rotatable bonds is 6. The molecule has 3 unspecified atom stereocenters. The van der Waals surface area contributed by atoms with Crippen molar-refractivity contribution in [1.29, 1.82) is 0 Å². The van der Waals surface area contributed by atoms with Gasteiger partial charge in [0.15, 0.2) is 5.82 Å². The molecule has 0 radical (unpaired) electrons. The minimum atomic E-state index is -0.666. The first-order valence-corrected chi connectivity index (χ1v) is 7.91. The lowest BCUT2D eigenvalue weighted by molar-refractivity contribution is -0.0274. The molecule has 0 spiro atoms. The van der Waals surface area contributed by atoms with E-state index in [0.29, 0.717) is 11.6 Å². The van der Waals surface area contributed by atoms with E-state index in [0.717, 1.165) is 12.8 Å². The molecule has 5 heteroatoms. The largest absolute Gasteiger partial charge is 0.389 e. The Balaban J connectivity index is 1.72. The van der Waals surface area contributed by atoms with Gasteiger partial charge in [-0.2, -0.15) is 0 Å². The molecule has 1 aliphatic carbocycles. The van der Waals surface area contributed by atoms with E-state index in [-0.39, 0.29) is 24.3 Å². The maximum absolute atomic E-state index is 13.7. The molecule has 0 bridgehead atoms. The van der Waals surface area contributed by atoms with Crippen LogP contribution in [-0.2, 0) is 4.74 Å².